The summed E-state index contributed by atoms with van der Waals surface area (Å²) >= 11 is 1.22. The highest BCUT2D eigenvalue weighted by Crippen LogP contribution is 2.37. The first-order valence-corrected chi connectivity index (χ1v) is 5.62. The maximum absolute atomic E-state index is 11.2. The Morgan fingerprint density at radius 1 is 1.71 bits per heavy atom. The number of pyridine rings is 1. The molecule has 0 atom stereocenters. The Labute approximate surface area is 101 Å². The molecule has 0 amide bonds. The highest BCUT2D eigenvalue weighted by molar-refractivity contribution is 7.23. The number of hydrogen-bond acceptors (Lipinski definition) is 5. The van der Waals surface area contributed by atoms with E-state index < -0.39 is 5.56 Å². The maximum atomic E-state index is 11.2. The lowest BCUT2D eigenvalue weighted by atomic mass is 10.2. The molecule has 0 saturated heterocycles. The first-order chi connectivity index (χ1) is 8.17. The minimum Gasteiger partial charge on any atom is -0.506 e. The van der Waals surface area contributed by atoms with E-state index in [4.69, 9.17) is 5.26 Å². The molecule has 0 aliphatic heterocycles. The van der Waals surface area contributed by atoms with Crippen LogP contribution in [0.5, 0.6) is 5.75 Å². The monoisotopic (exact) mass is 247 g/mol. The molecule has 17 heavy (non-hydrogen) atoms. The summed E-state index contributed by atoms with van der Waals surface area (Å²) in [5, 5.41) is 22.3. The van der Waals surface area contributed by atoms with E-state index in [9.17, 15) is 9.90 Å². The fourth-order valence-corrected chi connectivity index (χ4v) is 2.50. The largest absolute Gasteiger partial charge is 0.506 e. The number of H-pyrrole nitrogens is 1. The third-order valence-corrected chi connectivity index (χ3v) is 3.35. The average Bonchev–Trinajstić information content (AvgIpc) is 2.64. The highest BCUT2D eigenvalue weighted by Gasteiger charge is 2.15. The van der Waals surface area contributed by atoms with Gasteiger partial charge in [-0.15, -0.1) is 17.9 Å². The third kappa shape index (κ3) is 1.88. The van der Waals surface area contributed by atoms with Crippen molar-refractivity contribution in [2.24, 2.45) is 0 Å². The van der Waals surface area contributed by atoms with Crippen molar-refractivity contribution in [3.05, 3.63) is 34.6 Å². The van der Waals surface area contributed by atoms with Gasteiger partial charge in [0.25, 0.3) is 5.56 Å². The molecular formula is C11H9N3O2S. The molecule has 0 bridgehead atoms. The first-order valence-electron chi connectivity index (χ1n) is 4.81. The van der Waals surface area contributed by atoms with Crippen LogP contribution in [-0.2, 0) is 0 Å². The van der Waals surface area contributed by atoms with E-state index in [2.05, 4.69) is 16.9 Å². The molecule has 0 unspecified atom stereocenters. The number of nitriles is 1. The van der Waals surface area contributed by atoms with Gasteiger partial charge in [-0.3, -0.25) is 4.79 Å². The number of nitrogens with one attached hydrogen (secondary N) is 2. The van der Waals surface area contributed by atoms with Crippen LogP contribution in [0.1, 0.15) is 5.56 Å². The summed E-state index contributed by atoms with van der Waals surface area (Å²) in [4.78, 5) is 13.8. The molecule has 2 rings (SSSR count). The summed E-state index contributed by atoms with van der Waals surface area (Å²) in [7, 11) is 0. The molecule has 2 heterocycles. The maximum Gasteiger partial charge on any atom is 0.252 e. The Morgan fingerprint density at radius 3 is 3.12 bits per heavy atom. The van der Waals surface area contributed by atoms with Crippen molar-refractivity contribution in [1.82, 2.24) is 4.98 Å². The van der Waals surface area contributed by atoms with Crippen LogP contribution < -0.4 is 10.9 Å². The van der Waals surface area contributed by atoms with E-state index in [-0.39, 0.29) is 5.75 Å². The van der Waals surface area contributed by atoms with E-state index >= 15 is 0 Å². The number of thiophene rings is 1. The summed E-state index contributed by atoms with van der Waals surface area (Å²) in [6.07, 6.45) is 1.66. The van der Waals surface area contributed by atoms with Crippen LogP contribution in [0.3, 0.4) is 0 Å². The molecule has 0 radical (unpaired) electrons. The summed E-state index contributed by atoms with van der Waals surface area (Å²) in [5.41, 5.74) is 0.272. The smallest absolute Gasteiger partial charge is 0.252 e. The SMILES string of the molecule is C=CCNc1sc2c(O)cc(=O)[nH]c2c1C#N. The number of hydrogen-bond donors (Lipinski definition) is 3. The van der Waals surface area contributed by atoms with E-state index in [1.165, 1.54) is 11.3 Å². The van der Waals surface area contributed by atoms with E-state index in [1.54, 1.807) is 6.08 Å². The van der Waals surface area contributed by atoms with Gasteiger partial charge in [0.05, 0.1) is 10.2 Å². The predicted octanol–water partition coefficient (Wildman–Crippen LogP) is 1.76. The standard InChI is InChI=1S/C11H9N3O2S/c1-2-3-13-11-6(5-12)9-10(17-11)7(15)4-8(16)14-9/h2,4,13H,1,3H2,(H2,14,15,16). The van der Waals surface area contributed by atoms with Crippen LogP contribution in [0, 0.1) is 11.3 Å². The Bertz CT molecular complexity index is 678. The fraction of sp³-hybridized carbons (Fsp3) is 0.0909. The zero-order valence-electron chi connectivity index (χ0n) is 8.78. The Morgan fingerprint density at radius 2 is 2.47 bits per heavy atom. The molecule has 86 valence electrons. The van der Waals surface area contributed by atoms with Gasteiger partial charge in [0.15, 0.2) is 0 Å². The van der Waals surface area contributed by atoms with Crippen LogP contribution in [0.2, 0.25) is 0 Å². The lowest BCUT2D eigenvalue weighted by molar-refractivity contribution is 0.481. The number of nitrogens with zero attached hydrogens (tertiary/aromatic N) is 1. The zero-order chi connectivity index (χ0) is 12.4. The minimum absolute atomic E-state index is 0.114. The molecule has 6 heteroatoms. The number of anilines is 1. The van der Waals surface area contributed by atoms with Crippen molar-refractivity contribution in [1.29, 1.82) is 5.26 Å². The first kappa shape index (κ1) is 11.2. The van der Waals surface area contributed by atoms with E-state index in [0.717, 1.165) is 6.07 Å². The van der Waals surface area contributed by atoms with Crippen molar-refractivity contribution in [2.75, 3.05) is 11.9 Å². The Hall–Kier alpha value is -2.26. The third-order valence-electron chi connectivity index (χ3n) is 2.18. The number of rotatable bonds is 3. The molecule has 0 spiro atoms. The molecule has 0 aromatic carbocycles. The Balaban J connectivity index is 2.71. The van der Waals surface area contributed by atoms with Gasteiger partial charge in [0.1, 0.15) is 22.4 Å². The van der Waals surface area contributed by atoms with Crippen molar-refractivity contribution >= 4 is 26.6 Å². The molecule has 2 aromatic heterocycles. The van der Waals surface area contributed by atoms with Crippen LogP contribution in [0.4, 0.5) is 5.00 Å². The van der Waals surface area contributed by atoms with E-state index in [1.807, 2.05) is 6.07 Å². The van der Waals surface area contributed by atoms with Crippen molar-refractivity contribution < 1.29 is 5.11 Å². The second-order valence-corrected chi connectivity index (χ2v) is 4.33. The molecule has 0 aliphatic rings. The van der Waals surface area contributed by atoms with Crippen LogP contribution in [-0.4, -0.2) is 16.6 Å². The Kier molecular flexibility index (Phi) is 2.85. The van der Waals surface area contributed by atoms with Crippen LogP contribution >= 0.6 is 11.3 Å². The van der Waals surface area contributed by atoms with Gasteiger partial charge in [-0.25, -0.2) is 0 Å². The average molecular weight is 247 g/mol. The van der Waals surface area contributed by atoms with Crippen molar-refractivity contribution in [2.45, 2.75) is 0 Å². The van der Waals surface area contributed by atoms with Gasteiger partial charge in [-0.2, -0.15) is 5.26 Å². The van der Waals surface area contributed by atoms with Crippen molar-refractivity contribution in [3.63, 3.8) is 0 Å². The molecule has 3 N–H and O–H groups in total. The molecule has 5 nitrogen and oxygen atoms in total. The number of aromatic amines is 1. The van der Waals surface area contributed by atoms with E-state index in [0.29, 0.717) is 27.3 Å². The minimum atomic E-state index is -0.431. The van der Waals surface area contributed by atoms with Crippen LogP contribution in [0.15, 0.2) is 23.5 Å². The molecular weight excluding hydrogens is 238 g/mol. The second kappa shape index (κ2) is 4.31. The van der Waals surface area contributed by atoms with Gasteiger partial charge in [-0.05, 0) is 0 Å². The normalized spacial score (nSPS) is 10.1. The lowest BCUT2D eigenvalue weighted by Crippen LogP contribution is -2.03. The molecule has 0 aliphatic carbocycles. The molecule has 0 fully saturated rings. The second-order valence-electron chi connectivity index (χ2n) is 3.31. The number of aromatic hydroxyl groups is 1. The quantitative estimate of drug-likeness (QED) is 0.721. The van der Waals surface area contributed by atoms with Gasteiger partial charge in [0, 0.05) is 12.6 Å². The van der Waals surface area contributed by atoms with Gasteiger partial charge in [0.2, 0.25) is 0 Å². The fourth-order valence-electron chi connectivity index (χ4n) is 1.48. The molecule has 2 aromatic rings. The number of fused-ring (bicyclic) bond motifs is 1. The van der Waals surface area contributed by atoms with Crippen LogP contribution in [0.25, 0.3) is 10.2 Å². The van der Waals surface area contributed by atoms with Gasteiger partial charge in [-0.1, -0.05) is 6.08 Å². The summed E-state index contributed by atoms with van der Waals surface area (Å²) in [6.45, 7) is 4.08. The predicted molar refractivity (Wildman–Crippen MR) is 67.5 cm³/mol. The summed E-state index contributed by atoms with van der Waals surface area (Å²) < 4.78 is 0.493. The van der Waals surface area contributed by atoms with Crippen molar-refractivity contribution in [3.8, 4) is 11.8 Å². The van der Waals surface area contributed by atoms with Gasteiger partial charge >= 0.3 is 0 Å². The number of aromatic nitrogens is 1. The molecule has 0 saturated carbocycles. The summed E-state index contributed by atoms with van der Waals surface area (Å²) in [6, 6.07) is 3.11. The topological polar surface area (TPSA) is 88.9 Å². The lowest BCUT2D eigenvalue weighted by Gasteiger charge is -1.97. The summed E-state index contributed by atoms with van der Waals surface area (Å²) in [5.74, 6) is -0.114. The zero-order valence-corrected chi connectivity index (χ0v) is 9.60. The highest BCUT2D eigenvalue weighted by atomic mass is 32.1. The van der Waals surface area contributed by atoms with Gasteiger partial charge < -0.3 is 15.4 Å².